The van der Waals surface area contributed by atoms with Gasteiger partial charge < -0.3 is 4.74 Å². The third-order valence-corrected chi connectivity index (χ3v) is 3.50. The summed E-state index contributed by atoms with van der Waals surface area (Å²) >= 11 is 6.02. The van der Waals surface area contributed by atoms with Crippen molar-refractivity contribution in [2.75, 3.05) is 7.11 Å². The number of aryl methyl sites for hydroxylation is 1. The highest BCUT2D eigenvalue weighted by atomic mass is 35.5. The molecule has 0 aliphatic carbocycles. The molecule has 2 aromatic carbocycles. The molecule has 0 unspecified atom stereocenters. The lowest BCUT2D eigenvalue weighted by atomic mass is 10.1. The number of methoxy groups -OCH3 is 1. The third kappa shape index (κ3) is 3.92. The van der Waals surface area contributed by atoms with E-state index in [2.05, 4.69) is 9.73 Å². The van der Waals surface area contributed by atoms with E-state index in [-0.39, 0.29) is 5.69 Å². The Morgan fingerprint density at radius 2 is 2.04 bits per heavy atom. The number of carbonyl (C=O) groups is 1. The van der Waals surface area contributed by atoms with Crippen molar-refractivity contribution in [3.8, 4) is 0 Å². The quantitative estimate of drug-likeness (QED) is 0.365. The molecular formula is C16H13ClN2O4. The molecule has 0 atom stereocenters. The van der Waals surface area contributed by atoms with Crippen LogP contribution < -0.4 is 0 Å². The molecule has 7 heteroatoms. The maximum atomic E-state index is 11.5. The summed E-state index contributed by atoms with van der Waals surface area (Å²) in [4.78, 5) is 26.0. The molecule has 0 saturated carbocycles. The lowest BCUT2D eigenvalue weighted by Crippen LogP contribution is -2.00. The van der Waals surface area contributed by atoms with Crippen LogP contribution in [0, 0.1) is 17.0 Å². The second-order valence-corrected chi connectivity index (χ2v) is 5.12. The molecule has 0 aromatic heterocycles. The summed E-state index contributed by atoms with van der Waals surface area (Å²) in [5.41, 5.74) is 2.20. The molecule has 0 radical (unpaired) electrons. The molecule has 118 valence electrons. The number of non-ortho nitro benzene ring substituents is 1. The number of aliphatic imine (C=N–C) groups is 1. The van der Waals surface area contributed by atoms with Crippen molar-refractivity contribution in [3.63, 3.8) is 0 Å². The minimum Gasteiger partial charge on any atom is -0.465 e. The van der Waals surface area contributed by atoms with Gasteiger partial charge >= 0.3 is 5.97 Å². The summed E-state index contributed by atoms with van der Waals surface area (Å²) in [6, 6.07) is 9.06. The number of esters is 1. The minimum absolute atomic E-state index is 0.0615. The summed E-state index contributed by atoms with van der Waals surface area (Å²) in [6.45, 7) is 1.80. The van der Waals surface area contributed by atoms with Gasteiger partial charge in [-0.2, -0.15) is 0 Å². The third-order valence-electron chi connectivity index (χ3n) is 3.15. The van der Waals surface area contributed by atoms with Crippen molar-refractivity contribution in [2.45, 2.75) is 6.92 Å². The summed E-state index contributed by atoms with van der Waals surface area (Å²) in [7, 11) is 1.31. The molecule has 6 nitrogen and oxygen atoms in total. The second kappa shape index (κ2) is 7.02. The molecule has 0 aliphatic rings. The first kappa shape index (κ1) is 16.6. The van der Waals surface area contributed by atoms with Crippen LogP contribution in [0.25, 0.3) is 0 Å². The second-order valence-electron chi connectivity index (χ2n) is 4.71. The number of nitro groups is 1. The van der Waals surface area contributed by atoms with E-state index in [1.54, 1.807) is 25.1 Å². The Hall–Kier alpha value is -2.73. The van der Waals surface area contributed by atoms with Gasteiger partial charge in [0.2, 0.25) is 0 Å². The van der Waals surface area contributed by atoms with Gasteiger partial charge in [0.1, 0.15) is 0 Å². The van der Waals surface area contributed by atoms with Gasteiger partial charge in [-0.25, -0.2) is 4.79 Å². The van der Waals surface area contributed by atoms with Crippen LogP contribution in [0.2, 0.25) is 5.02 Å². The van der Waals surface area contributed by atoms with Crippen molar-refractivity contribution in [1.82, 2.24) is 0 Å². The monoisotopic (exact) mass is 332 g/mol. The molecule has 0 bridgehead atoms. The summed E-state index contributed by atoms with van der Waals surface area (Å²) in [5.74, 6) is -0.426. The van der Waals surface area contributed by atoms with E-state index in [9.17, 15) is 14.9 Å². The highest BCUT2D eigenvalue weighted by Crippen LogP contribution is 2.23. The Kier molecular flexibility index (Phi) is 5.08. The predicted octanol–water partition coefficient (Wildman–Crippen LogP) is 4.09. The van der Waals surface area contributed by atoms with E-state index < -0.39 is 10.9 Å². The molecule has 0 heterocycles. The van der Waals surface area contributed by atoms with E-state index in [0.717, 1.165) is 5.56 Å². The lowest BCUT2D eigenvalue weighted by molar-refractivity contribution is -0.384. The van der Waals surface area contributed by atoms with E-state index in [4.69, 9.17) is 11.6 Å². The zero-order chi connectivity index (χ0) is 17.0. The van der Waals surface area contributed by atoms with Crippen LogP contribution in [0.1, 0.15) is 21.5 Å². The van der Waals surface area contributed by atoms with Crippen molar-refractivity contribution in [2.24, 2.45) is 4.99 Å². The molecule has 2 aromatic rings. The highest BCUT2D eigenvalue weighted by Gasteiger charge is 2.09. The maximum absolute atomic E-state index is 11.5. The zero-order valence-electron chi connectivity index (χ0n) is 12.4. The van der Waals surface area contributed by atoms with Gasteiger partial charge in [-0.05, 0) is 36.8 Å². The smallest absolute Gasteiger partial charge is 0.337 e. The van der Waals surface area contributed by atoms with Gasteiger partial charge in [0.05, 0.1) is 23.3 Å². The van der Waals surface area contributed by atoms with Gasteiger partial charge in [-0.3, -0.25) is 15.1 Å². The molecule has 0 N–H and O–H groups in total. The van der Waals surface area contributed by atoms with Gasteiger partial charge in [0, 0.05) is 28.9 Å². The zero-order valence-corrected chi connectivity index (χ0v) is 13.2. The molecule has 0 saturated heterocycles. The first-order chi connectivity index (χ1) is 10.9. The molecule has 0 fully saturated rings. The number of halogens is 1. The fourth-order valence-corrected chi connectivity index (χ4v) is 2.09. The predicted molar refractivity (Wildman–Crippen MR) is 87.9 cm³/mol. The minimum atomic E-state index is -0.496. The van der Waals surface area contributed by atoms with Crippen LogP contribution in [0.3, 0.4) is 0 Å². The molecule has 0 aliphatic heterocycles. The fraction of sp³-hybridized carbons (Fsp3) is 0.125. The summed E-state index contributed by atoms with van der Waals surface area (Å²) < 4.78 is 4.65. The van der Waals surface area contributed by atoms with Crippen LogP contribution in [0.5, 0.6) is 0 Å². The number of nitrogens with zero attached hydrogens (tertiary/aromatic N) is 2. The van der Waals surface area contributed by atoms with Gasteiger partial charge in [-0.15, -0.1) is 0 Å². The molecule has 0 amide bonds. The van der Waals surface area contributed by atoms with Crippen molar-refractivity contribution in [3.05, 3.63) is 68.2 Å². The van der Waals surface area contributed by atoms with Crippen LogP contribution in [0.4, 0.5) is 11.4 Å². The van der Waals surface area contributed by atoms with E-state index in [1.807, 2.05) is 0 Å². The number of hydrogen-bond acceptors (Lipinski definition) is 5. The normalized spacial score (nSPS) is 10.7. The Morgan fingerprint density at radius 3 is 2.65 bits per heavy atom. The van der Waals surface area contributed by atoms with Crippen molar-refractivity contribution < 1.29 is 14.5 Å². The van der Waals surface area contributed by atoms with E-state index in [0.29, 0.717) is 21.8 Å². The lowest BCUT2D eigenvalue weighted by Gasteiger charge is -2.04. The average Bonchev–Trinajstić information content (AvgIpc) is 2.53. The van der Waals surface area contributed by atoms with Crippen LogP contribution in [0.15, 0.2) is 41.4 Å². The molecule has 0 spiro atoms. The van der Waals surface area contributed by atoms with E-state index in [1.165, 1.54) is 31.5 Å². The highest BCUT2D eigenvalue weighted by molar-refractivity contribution is 6.33. The number of ether oxygens (including phenoxy) is 1. The summed E-state index contributed by atoms with van der Waals surface area (Å²) in [6.07, 6.45) is 1.45. The Morgan fingerprint density at radius 1 is 1.30 bits per heavy atom. The van der Waals surface area contributed by atoms with Crippen molar-refractivity contribution >= 4 is 35.2 Å². The number of nitro benzene ring substituents is 1. The Balaban J connectivity index is 2.32. The fourth-order valence-electron chi connectivity index (χ4n) is 1.93. The van der Waals surface area contributed by atoms with Gasteiger partial charge in [0.25, 0.3) is 5.69 Å². The molecule has 2 rings (SSSR count). The number of rotatable bonds is 4. The van der Waals surface area contributed by atoms with Crippen molar-refractivity contribution in [1.29, 1.82) is 0 Å². The topological polar surface area (TPSA) is 81.8 Å². The number of benzene rings is 2. The first-order valence-electron chi connectivity index (χ1n) is 6.59. The number of hydrogen-bond donors (Lipinski definition) is 0. The largest absolute Gasteiger partial charge is 0.465 e. The standard InChI is InChI=1S/C16H13ClN2O4/c1-10-7-11(16(20)23-2)3-6-15(10)18-9-12-8-13(19(21)22)4-5-14(12)17/h3-9H,1-2H3. The molecule has 23 heavy (non-hydrogen) atoms. The molecular weight excluding hydrogens is 320 g/mol. The SMILES string of the molecule is COC(=O)c1ccc(N=Cc2cc([N+](=O)[O-])ccc2Cl)c(C)c1. The van der Waals surface area contributed by atoms with Crippen LogP contribution in [-0.4, -0.2) is 24.2 Å². The maximum Gasteiger partial charge on any atom is 0.337 e. The van der Waals surface area contributed by atoms with Crippen LogP contribution in [-0.2, 0) is 4.74 Å². The Bertz CT molecular complexity index is 803. The van der Waals surface area contributed by atoms with E-state index >= 15 is 0 Å². The first-order valence-corrected chi connectivity index (χ1v) is 6.97. The Labute approximate surface area is 137 Å². The number of carbonyl (C=O) groups excluding carboxylic acids is 1. The van der Waals surface area contributed by atoms with Crippen LogP contribution >= 0.6 is 11.6 Å². The van der Waals surface area contributed by atoms with Gasteiger partial charge in [-0.1, -0.05) is 11.6 Å². The average molecular weight is 333 g/mol. The summed E-state index contributed by atoms with van der Waals surface area (Å²) in [5, 5.41) is 11.2. The van der Waals surface area contributed by atoms with Gasteiger partial charge in [0.15, 0.2) is 0 Å².